The van der Waals surface area contributed by atoms with Gasteiger partial charge in [-0.05, 0) is 60.7 Å². The fourth-order valence-corrected chi connectivity index (χ4v) is 3.91. The number of nitrogens with zero attached hydrogens (tertiary/aromatic N) is 2. The van der Waals surface area contributed by atoms with E-state index in [9.17, 15) is 4.79 Å². The molecule has 0 aliphatic rings. The lowest BCUT2D eigenvalue weighted by atomic mass is 9.95. The monoisotopic (exact) mass is 468 g/mol. The zero-order chi connectivity index (χ0) is 24.6. The van der Waals surface area contributed by atoms with E-state index < -0.39 is 0 Å². The Morgan fingerprint density at radius 3 is 2.29 bits per heavy atom. The topological polar surface area (TPSA) is 80.0 Å². The molecule has 1 heterocycles. The molecule has 35 heavy (non-hydrogen) atoms. The first-order chi connectivity index (χ1) is 17.0. The van der Waals surface area contributed by atoms with Crippen LogP contribution < -0.4 is 10.6 Å². The molecule has 0 spiro atoms. The predicted molar refractivity (Wildman–Crippen MR) is 140 cm³/mol. The van der Waals surface area contributed by atoms with Crippen LogP contribution in [-0.2, 0) is 0 Å². The normalized spacial score (nSPS) is 11.9. The van der Waals surface area contributed by atoms with Crippen molar-refractivity contribution in [3.63, 3.8) is 0 Å². The number of carbonyl (C=O) groups excluding carboxylic acids is 1. The van der Waals surface area contributed by atoms with E-state index >= 15 is 0 Å². The highest BCUT2D eigenvalue weighted by atomic mass is 16.5. The molecule has 0 bridgehead atoms. The van der Waals surface area contributed by atoms with Crippen molar-refractivity contribution < 1.29 is 9.32 Å². The van der Waals surface area contributed by atoms with Crippen LogP contribution in [0.5, 0.6) is 0 Å². The molecule has 0 fully saturated rings. The maximum absolute atomic E-state index is 12.2. The summed E-state index contributed by atoms with van der Waals surface area (Å²) in [5.74, 6) is 1.55. The van der Waals surface area contributed by atoms with Gasteiger partial charge in [-0.3, -0.25) is 4.79 Å². The fraction of sp³-hybridized carbons (Fsp3) is 0.276. The van der Waals surface area contributed by atoms with Crippen LogP contribution in [0.3, 0.4) is 0 Å². The van der Waals surface area contributed by atoms with Crippen LogP contribution in [0.2, 0.25) is 0 Å². The first kappa shape index (κ1) is 24.2. The SMILES string of the molecule is CCCNC(=O)c1ccc(N[C@H](CC(C)C)c2ccc(-c3noc(-c4ccccc4)n3)cc2)cc1. The summed E-state index contributed by atoms with van der Waals surface area (Å²) in [5.41, 5.74) is 4.64. The summed E-state index contributed by atoms with van der Waals surface area (Å²) in [5, 5.41) is 10.7. The van der Waals surface area contributed by atoms with Crippen molar-refractivity contribution in [2.24, 2.45) is 5.92 Å². The number of benzene rings is 3. The average molecular weight is 469 g/mol. The van der Waals surface area contributed by atoms with Gasteiger partial charge >= 0.3 is 0 Å². The highest BCUT2D eigenvalue weighted by molar-refractivity contribution is 5.94. The van der Waals surface area contributed by atoms with Crippen molar-refractivity contribution in [3.05, 3.63) is 90.0 Å². The molecule has 0 aliphatic carbocycles. The van der Waals surface area contributed by atoms with Crippen molar-refractivity contribution in [2.75, 3.05) is 11.9 Å². The summed E-state index contributed by atoms with van der Waals surface area (Å²) in [6.07, 6.45) is 1.89. The van der Waals surface area contributed by atoms with Crippen molar-refractivity contribution in [3.8, 4) is 22.8 Å². The maximum atomic E-state index is 12.2. The van der Waals surface area contributed by atoms with Gasteiger partial charge in [-0.2, -0.15) is 4.98 Å². The summed E-state index contributed by atoms with van der Waals surface area (Å²) in [4.78, 5) is 16.7. The molecule has 4 aromatic rings. The lowest BCUT2D eigenvalue weighted by Gasteiger charge is -2.22. The van der Waals surface area contributed by atoms with Gasteiger partial charge in [0.15, 0.2) is 0 Å². The van der Waals surface area contributed by atoms with Crippen LogP contribution in [0.15, 0.2) is 83.4 Å². The summed E-state index contributed by atoms with van der Waals surface area (Å²) in [6, 6.07) is 25.8. The first-order valence-corrected chi connectivity index (χ1v) is 12.2. The molecular weight excluding hydrogens is 436 g/mol. The predicted octanol–water partition coefficient (Wildman–Crippen LogP) is 6.74. The third kappa shape index (κ3) is 6.35. The molecule has 1 atom stereocenters. The highest BCUT2D eigenvalue weighted by Crippen LogP contribution is 2.29. The summed E-state index contributed by atoms with van der Waals surface area (Å²) in [6.45, 7) is 7.16. The number of rotatable bonds is 10. The van der Waals surface area contributed by atoms with Gasteiger partial charge in [0.05, 0.1) is 6.04 Å². The summed E-state index contributed by atoms with van der Waals surface area (Å²) >= 11 is 0. The molecule has 1 aromatic heterocycles. The zero-order valence-corrected chi connectivity index (χ0v) is 20.5. The Labute approximate surface area is 206 Å². The van der Waals surface area contributed by atoms with Gasteiger partial charge in [0.2, 0.25) is 5.82 Å². The van der Waals surface area contributed by atoms with Gasteiger partial charge in [-0.15, -0.1) is 0 Å². The highest BCUT2D eigenvalue weighted by Gasteiger charge is 2.16. The van der Waals surface area contributed by atoms with Gasteiger partial charge in [0.1, 0.15) is 0 Å². The van der Waals surface area contributed by atoms with Crippen LogP contribution in [0.25, 0.3) is 22.8 Å². The number of aromatic nitrogens is 2. The molecule has 6 heteroatoms. The van der Waals surface area contributed by atoms with Crippen LogP contribution in [-0.4, -0.2) is 22.6 Å². The lowest BCUT2D eigenvalue weighted by Crippen LogP contribution is -2.23. The number of carbonyl (C=O) groups is 1. The Balaban J connectivity index is 1.48. The second kappa shape index (κ2) is 11.5. The molecule has 1 amide bonds. The summed E-state index contributed by atoms with van der Waals surface area (Å²) in [7, 11) is 0. The van der Waals surface area contributed by atoms with E-state index in [-0.39, 0.29) is 11.9 Å². The second-order valence-corrected chi connectivity index (χ2v) is 9.07. The molecule has 2 N–H and O–H groups in total. The van der Waals surface area contributed by atoms with E-state index in [1.807, 2.05) is 73.7 Å². The third-order valence-corrected chi connectivity index (χ3v) is 5.75. The summed E-state index contributed by atoms with van der Waals surface area (Å²) < 4.78 is 5.46. The number of amides is 1. The van der Waals surface area contributed by atoms with Crippen molar-refractivity contribution >= 4 is 11.6 Å². The van der Waals surface area contributed by atoms with E-state index in [4.69, 9.17) is 4.52 Å². The maximum Gasteiger partial charge on any atom is 0.258 e. The largest absolute Gasteiger partial charge is 0.378 e. The minimum Gasteiger partial charge on any atom is -0.378 e. The molecule has 0 aliphatic heterocycles. The smallest absolute Gasteiger partial charge is 0.258 e. The van der Waals surface area contributed by atoms with Gasteiger partial charge in [-0.25, -0.2) is 0 Å². The lowest BCUT2D eigenvalue weighted by molar-refractivity contribution is 0.0953. The van der Waals surface area contributed by atoms with E-state index in [0.29, 0.717) is 29.7 Å². The zero-order valence-electron chi connectivity index (χ0n) is 20.5. The van der Waals surface area contributed by atoms with Crippen molar-refractivity contribution in [1.82, 2.24) is 15.5 Å². The average Bonchev–Trinajstić information content (AvgIpc) is 3.38. The standard InChI is InChI=1S/C29H32N4O2/c1-4-18-30-28(34)23-14-16-25(17-15-23)31-26(19-20(2)3)21-10-12-22(13-11-21)27-32-29(35-33-27)24-8-6-5-7-9-24/h5-17,20,26,31H,4,18-19H2,1-3H3,(H,30,34)/t26-/m1/s1. The molecule has 6 nitrogen and oxygen atoms in total. The van der Waals surface area contributed by atoms with E-state index in [1.54, 1.807) is 0 Å². The number of nitrogens with one attached hydrogen (secondary N) is 2. The molecular formula is C29H32N4O2. The molecule has 3 aromatic carbocycles. The van der Waals surface area contributed by atoms with Crippen molar-refractivity contribution in [2.45, 2.75) is 39.7 Å². The Bertz CT molecular complexity index is 1220. The Kier molecular flexibility index (Phi) is 7.93. The molecule has 0 saturated carbocycles. The van der Waals surface area contributed by atoms with Gasteiger partial charge in [-0.1, -0.05) is 68.4 Å². The van der Waals surface area contributed by atoms with Gasteiger partial charge < -0.3 is 15.2 Å². The Hall–Kier alpha value is -3.93. The Morgan fingerprint density at radius 2 is 1.63 bits per heavy atom. The third-order valence-electron chi connectivity index (χ3n) is 5.75. The van der Waals surface area contributed by atoms with E-state index in [0.717, 1.165) is 29.7 Å². The van der Waals surface area contributed by atoms with Crippen molar-refractivity contribution in [1.29, 1.82) is 0 Å². The fourth-order valence-electron chi connectivity index (χ4n) is 3.91. The number of anilines is 1. The minimum absolute atomic E-state index is 0.0374. The minimum atomic E-state index is -0.0374. The van der Waals surface area contributed by atoms with Gasteiger partial charge in [0, 0.05) is 28.9 Å². The van der Waals surface area contributed by atoms with E-state index in [2.05, 4.69) is 46.8 Å². The molecule has 4 rings (SSSR count). The van der Waals surface area contributed by atoms with Crippen LogP contribution >= 0.6 is 0 Å². The number of hydrogen-bond donors (Lipinski definition) is 2. The molecule has 0 radical (unpaired) electrons. The second-order valence-electron chi connectivity index (χ2n) is 9.07. The Morgan fingerprint density at radius 1 is 0.914 bits per heavy atom. The molecule has 0 saturated heterocycles. The molecule has 0 unspecified atom stereocenters. The number of hydrogen-bond acceptors (Lipinski definition) is 5. The van der Waals surface area contributed by atoms with Crippen LogP contribution in [0, 0.1) is 5.92 Å². The van der Waals surface area contributed by atoms with Gasteiger partial charge in [0.25, 0.3) is 11.8 Å². The first-order valence-electron chi connectivity index (χ1n) is 12.2. The van der Waals surface area contributed by atoms with Crippen LogP contribution in [0.1, 0.15) is 55.6 Å². The molecule has 180 valence electrons. The quantitative estimate of drug-likeness (QED) is 0.269. The van der Waals surface area contributed by atoms with Crippen LogP contribution in [0.4, 0.5) is 5.69 Å². The van der Waals surface area contributed by atoms with E-state index in [1.165, 1.54) is 5.56 Å².